The molecule has 2 nitrogen and oxygen atoms in total. The fourth-order valence-corrected chi connectivity index (χ4v) is 0.164. The molecule has 3 heteroatoms. The number of amides is 1. The Morgan fingerprint density at radius 3 is 2.14 bits per heavy atom. The highest BCUT2D eigenvalue weighted by Crippen LogP contribution is 1.62. The van der Waals surface area contributed by atoms with E-state index in [0.29, 0.717) is 0 Å². The van der Waals surface area contributed by atoms with Gasteiger partial charge in [0.2, 0.25) is 5.91 Å². The third kappa shape index (κ3) is 10.8. The van der Waals surface area contributed by atoms with Gasteiger partial charge in [0.05, 0.1) is 0 Å². The van der Waals surface area contributed by atoms with Gasteiger partial charge in [0.15, 0.2) is 0 Å². The van der Waals surface area contributed by atoms with Crippen LogP contribution in [0.25, 0.3) is 0 Å². The summed E-state index contributed by atoms with van der Waals surface area (Å²) in [7, 11) is 0. The summed E-state index contributed by atoms with van der Waals surface area (Å²) in [5.41, 5.74) is 4.68. The van der Waals surface area contributed by atoms with Gasteiger partial charge in [0.1, 0.15) is 0 Å². The molecule has 2 N–H and O–H groups in total. The van der Waals surface area contributed by atoms with E-state index in [-0.39, 0.29) is 12.4 Å². The monoisotopic (exact) mass is 121 g/mol. The molecule has 0 bridgehead atoms. The minimum absolute atomic E-state index is 0. The van der Waals surface area contributed by atoms with Crippen molar-refractivity contribution in [2.24, 2.45) is 5.73 Å². The lowest BCUT2D eigenvalue weighted by molar-refractivity contribution is -0.113. The lowest BCUT2D eigenvalue weighted by Crippen LogP contribution is -2.04. The van der Waals surface area contributed by atoms with Crippen LogP contribution in [0.5, 0.6) is 0 Å². The molecule has 0 radical (unpaired) electrons. The third-order valence-electron chi connectivity index (χ3n) is 0.331. The van der Waals surface area contributed by atoms with Gasteiger partial charge in [-0.3, -0.25) is 4.79 Å². The molecule has 0 saturated heterocycles. The van der Waals surface area contributed by atoms with Crippen molar-refractivity contribution in [3.8, 4) is 0 Å². The van der Waals surface area contributed by atoms with E-state index >= 15 is 0 Å². The summed E-state index contributed by atoms with van der Waals surface area (Å²) < 4.78 is 0. The van der Waals surface area contributed by atoms with Crippen LogP contribution in [0, 0.1) is 0 Å². The Kier molecular flexibility index (Phi) is 7.63. The van der Waals surface area contributed by atoms with Crippen LogP contribution in [0.1, 0.15) is 6.92 Å². The standard InChI is InChI=1S/C4H7NO.ClH/c1-2-3-4(5)6;/h2-3H,1H3,(H2,5,6);1H/b3-2+;. The summed E-state index contributed by atoms with van der Waals surface area (Å²) in [5, 5.41) is 0. The summed E-state index contributed by atoms with van der Waals surface area (Å²) in [5.74, 6) is -0.391. The maximum atomic E-state index is 9.73. The Morgan fingerprint density at radius 2 is 2.14 bits per heavy atom. The molecule has 0 aromatic heterocycles. The van der Waals surface area contributed by atoms with Gasteiger partial charge in [-0.1, -0.05) is 6.08 Å². The van der Waals surface area contributed by atoms with Gasteiger partial charge in [0.25, 0.3) is 0 Å². The van der Waals surface area contributed by atoms with E-state index in [1.54, 1.807) is 13.0 Å². The number of hydrogen-bond acceptors (Lipinski definition) is 1. The minimum Gasteiger partial charge on any atom is -0.366 e. The zero-order chi connectivity index (χ0) is 4.99. The Balaban J connectivity index is 0. The average Bonchev–Trinajstić information content (AvgIpc) is 1.35. The van der Waals surface area contributed by atoms with Crippen LogP contribution in [0.4, 0.5) is 0 Å². The number of nitrogens with two attached hydrogens (primary N) is 1. The van der Waals surface area contributed by atoms with Crippen molar-refractivity contribution in [1.82, 2.24) is 0 Å². The second-order valence-corrected chi connectivity index (χ2v) is 0.902. The van der Waals surface area contributed by atoms with Gasteiger partial charge in [-0.2, -0.15) is 0 Å². The summed E-state index contributed by atoms with van der Waals surface area (Å²) >= 11 is 0. The largest absolute Gasteiger partial charge is 0.366 e. The molecule has 0 aliphatic carbocycles. The Labute approximate surface area is 48.8 Å². The number of rotatable bonds is 1. The highest BCUT2D eigenvalue weighted by molar-refractivity contribution is 5.85. The molecule has 0 atom stereocenters. The van der Waals surface area contributed by atoms with Crippen molar-refractivity contribution in [2.75, 3.05) is 0 Å². The van der Waals surface area contributed by atoms with Crippen LogP contribution < -0.4 is 5.73 Å². The second kappa shape index (κ2) is 5.50. The molecule has 0 aromatic carbocycles. The number of halogens is 1. The normalized spacial score (nSPS) is 8.14. The van der Waals surface area contributed by atoms with Crippen LogP contribution in [0.2, 0.25) is 0 Å². The van der Waals surface area contributed by atoms with Gasteiger partial charge >= 0.3 is 0 Å². The van der Waals surface area contributed by atoms with Gasteiger partial charge in [-0.15, -0.1) is 12.4 Å². The predicted molar refractivity (Wildman–Crippen MR) is 31.3 cm³/mol. The van der Waals surface area contributed by atoms with Crippen molar-refractivity contribution in [3.05, 3.63) is 12.2 Å². The zero-order valence-electron chi connectivity index (χ0n) is 4.05. The number of allylic oxidation sites excluding steroid dienone is 1. The molecule has 1 amide bonds. The van der Waals surface area contributed by atoms with Crippen LogP contribution in [0.3, 0.4) is 0 Å². The maximum Gasteiger partial charge on any atom is 0.241 e. The van der Waals surface area contributed by atoms with Gasteiger partial charge in [0, 0.05) is 0 Å². The molecule has 0 rings (SSSR count). The third-order valence-corrected chi connectivity index (χ3v) is 0.331. The second-order valence-electron chi connectivity index (χ2n) is 0.902. The molecular formula is C4H8ClNO. The fourth-order valence-electron chi connectivity index (χ4n) is 0.164. The molecular weight excluding hydrogens is 114 g/mol. The van der Waals surface area contributed by atoms with Crippen molar-refractivity contribution < 1.29 is 4.79 Å². The van der Waals surface area contributed by atoms with E-state index < -0.39 is 5.91 Å². The first kappa shape index (κ1) is 9.71. The molecule has 0 fully saturated rings. The van der Waals surface area contributed by atoms with Crippen molar-refractivity contribution >= 4 is 18.3 Å². The zero-order valence-corrected chi connectivity index (χ0v) is 4.87. The minimum atomic E-state index is -0.391. The van der Waals surface area contributed by atoms with Crippen LogP contribution >= 0.6 is 12.4 Å². The lowest BCUT2D eigenvalue weighted by Gasteiger charge is -1.70. The Hall–Kier alpha value is -0.500. The highest BCUT2D eigenvalue weighted by atomic mass is 35.5. The summed E-state index contributed by atoms with van der Waals surface area (Å²) in [4.78, 5) is 9.73. The molecule has 0 unspecified atom stereocenters. The van der Waals surface area contributed by atoms with Crippen LogP contribution in [-0.2, 0) is 4.79 Å². The van der Waals surface area contributed by atoms with Crippen molar-refractivity contribution in [2.45, 2.75) is 6.92 Å². The quantitative estimate of drug-likeness (QED) is 0.504. The molecule has 7 heavy (non-hydrogen) atoms. The first-order chi connectivity index (χ1) is 2.77. The van der Waals surface area contributed by atoms with Crippen LogP contribution in [0.15, 0.2) is 12.2 Å². The maximum absolute atomic E-state index is 9.73. The van der Waals surface area contributed by atoms with Crippen LogP contribution in [-0.4, -0.2) is 5.91 Å². The van der Waals surface area contributed by atoms with E-state index in [2.05, 4.69) is 5.73 Å². The number of carbonyl (C=O) groups is 1. The fraction of sp³-hybridized carbons (Fsp3) is 0.250. The summed E-state index contributed by atoms with van der Waals surface area (Å²) in [6.07, 6.45) is 2.91. The number of carbonyl (C=O) groups excluding carboxylic acids is 1. The smallest absolute Gasteiger partial charge is 0.241 e. The van der Waals surface area contributed by atoms with E-state index in [0.717, 1.165) is 0 Å². The SMILES string of the molecule is C/C=C/C(N)=O.Cl. The molecule has 0 spiro atoms. The Bertz CT molecular complexity index is 79.8. The van der Waals surface area contributed by atoms with Gasteiger partial charge in [-0.25, -0.2) is 0 Å². The molecule has 0 heterocycles. The van der Waals surface area contributed by atoms with E-state index in [1.807, 2.05) is 0 Å². The van der Waals surface area contributed by atoms with Gasteiger partial charge < -0.3 is 5.73 Å². The molecule has 0 aliphatic heterocycles. The average molecular weight is 122 g/mol. The van der Waals surface area contributed by atoms with Crippen molar-refractivity contribution in [1.29, 1.82) is 0 Å². The Morgan fingerprint density at radius 1 is 1.71 bits per heavy atom. The first-order valence-electron chi connectivity index (χ1n) is 1.69. The van der Waals surface area contributed by atoms with Crippen molar-refractivity contribution in [3.63, 3.8) is 0 Å². The summed E-state index contributed by atoms with van der Waals surface area (Å²) in [6, 6.07) is 0. The number of primary amides is 1. The van der Waals surface area contributed by atoms with E-state index in [9.17, 15) is 4.79 Å². The molecule has 0 saturated carbocycles. The summed E-state index contributed by atoms with van der Waals surface area (Å²) in [6.45, 7) is 1.74. The molecule has 0 aromatic rings. The first-order valence-corrected chi connectivity index (χ1v) is 1.69. The van der Waals surface area contributed by atoms with Gasteiger partial charge in [-0.05, 0) is 13.0 Å². The van der Waals surface area contributed by atoms with E-state index in [1.165, 1.54) is 6.08 Å². The van der Waals surface area contributed by atoms with E-state index in [4.69, 9.17) is 0 Å². The highest BCUT2D eigenvalue weighted by Gasteiger charge is 1.73. The number of hydrogen-bond donors (Lipinski definition) is 1. The predicted octanol–water partition coefficient (Wildman–Crippen LogP) is 0.470. The molecule has 42 valence electrons. The molecule has 0 aliphatic rings. The lowest BCUT2D eigenvalue weighted by atomic mass is 10.5. The topological polar surface area (TPSA) is 43.1 Å².